The van der Waals surface area contributed by atoms with Gasteiger partial charge in [0.2, 0.25) is 23.8 Å². The van der Waals surface area contributed by atoms with E-state index in [-0.39, 0.29) is 22.5 Å². The maximum absolute atomic E-state index is 14.5. The van der Waals surface area contributed by atoms with Crippen LogP contribution in [0.1, 0.15) is 46.2 Å². The molecule has 4 aromatic heterocycles. The van der Waals surface area contributed by atoms with Gasteiger partial charge in [0.25, 0.3) is 0 Å². The summed E-state index contributed by atoms with van der Waals surface area (Å²) >= 11 is 0. The summed E-state index contributed by atoms with van der Waals surface area (Å²) in [7, 11) is 0. The molecule has 0 atom stereocenters. The second kappa shape index (κ2) is 8.93. The molecule has 1 aliphatic carbocycles. The van der Waals surface area contributed by atoms with Crippen LogP contribution in [-0.2, 0) is 5.41 Å². The molecule has 0 aliphatic heterocycles. The van der Waals surface area contributed by atoms with Crippen molar-refractivity contribution in [2.45, 2.75) is 37.5 Å². The van der Waals surface area contributed by atoms with Crippen LogP contribution in [0, 0.1) is 23.8 Å². The molecule has 0 bridgehead atoms. The summed E-state index contributed by atoms with van der Waals surface area (Å²) in [4.78, 5) is 15.8. The fourth-order valence-corrected chi connectivity index (χ4v) is 4.60. The van der Waals surface area contributed by atoms with Gasteiger partial charge in [0, 0.05) is 0 Å². The Morgan fingerprint density at radius 2 is 1.09 bits per heavy atom. The predicted molar refractivity (Wildman–Crippen MR) is 119 cm³/mol. The van der Waals surface area contributed by atoms with Crippen molar-refractivity contribution >= 4 is 0 Å². The Kier molecular flexibility index (Phi) is 5.19. The van der Waals surface area contributed by atoms with Crippen LogP contribution in [-0.4, -0.2) is 19.9 Å². The Balaban J connectivity index is 1.64. The maximum atomic E-state index is 14.5. The standard InChI is InChI=1S/C26H20F4N4/c27-22-12-10-16(24(29)33-22)18-6-4-8-20(31-18)26(14-2-1-3-15-26)21-9-5-7-19(32-21)17-11-13-23(28)34-25(17)30/h4-13H,1-3,14-15H2/i12D,13D. The molecule has 0 amide bonds. The Labute approximate surface area is 196 Å². The number of halogens is 4. The van der Waals surface area contributed by atoms with Crippen molar-refractivity contribution in [3.8, 4) is 22.5 Å². The Hall–Kier alpha value is -3.68. The number of hydrogen-bond donors (Lipinski definition) is 0. The third-order valence-corrected chi connectivity index (χ3v) is 6.25. The molecule has 0 saturated heterocycles. The molecular formula is C26H20F4N4. The van der Waals surface area contributed by atoms with E-state index < -0.39 is 41.3 Å². The topological polar surface area (TPSA) is 51.6 Å². The number of hydrogen-bond acceptors (Lipinski definition) is 4. The van der Waals surface area contributed by atoms with Crippen molar-refractivity contribution in [2.24, 2.45) is 0 Å². The molecule has 172 valence electrons. The highest BCUT2D eigenvalue weighted by molar-refractivity contribution is 5.60. The molecule has 4 heterocycles. The van der Waals surface area contributed by atoms with Crippen LogP contribution >= 0.6 is 0 Å². The normalized spacial score (nSPS) is 16.1. The van der Waals surface area contributed by atoms with E-state index in [1.807, 2.05) is 12.1 Å². The molecule has 0 unspecified atom stereocenters. The lowest BCUT2D eigenvalue weighted by molar-refractivity contribution is 0.331. The van der Waals surface area contributed by atoms with Gasteiger partial charge in [0.1, 0.15) is 0 Å². The Bertz CT molecular complexity index is 1360. The van der Waals surface area contributed by atoms with Gasteiger partial charge in [-0.1, -0.05) is 31.4 Å². The highest BCUT2D eigenvalue weighted by Gasteiger charge is 2.39. The lowest BCUT2D eigenvalue weighted by Gasteiger charge is -2.37. The summed E-state index contributed by atoms with van der Waals surface area (Å²) < 4.78 is 71.4. The first kappa shape index (κ1) is 19.8. The van der Waals surface area contributed by atoms with Gasteiger partial charge in [0.05, 0.1) is 42.1 Å². The molecule has 0 N–H and O–H groups in total. The van der Waals surface area contributed by atoms with Gasteiger partial charge in [-0.25, -0.2) is 0 Å². The summed E-state index contributed by atoms with van der Waals surface area (Å²) in [5.41, 5.74) is 0.791. The summed E-state index contributed by atoms with van der Waals surface area (Å²) in [5, 5.41) is 0. The molecule has 4 aromatic rings. The molecular weight excluding hydrogens is 444 g/mol. The van der Waals surface area contributed by atoms with Crippen molar-refractivity contribution in [3.63, 3.8) is 0 Å². The van der Waals surface area contributed by atoms with E-state index in [1.165, 1.54) is 0 Å². The first-order valence-electron chi connectivity index (χ1n) is 11.9. The van der Waals surface area contributed by atoms with E-state index >= 15 is 0 Å². The molecule has 1 fully saturated rings. The molecule has 4 nitrogen and oxygen atoms in total. The minimum Gasteiger partial charge on any atom is -0.252 e. The molecule has 34 heavy (non-hydrogen) atoms. The molecule has 8 heteroatoms. The van der Waals surface area contributed by atoms with Crippen molar-refractivity contribution in [3.05, 3.63) is 95.8 Å². The lowest BCUT2D eigenvalue weighted by atomic mass is 9.69. The van der Waals surface area contributed by atoms with Crippen LogP contribution < -0.4 is 0 Å². The van der Waals surface area contributed by atoms with Gasteiger partial charge in [-0.05, 0) is 61.3 Å². The van der Waals surface area contributed by atoms with Gasteiger partial charge in [-0.15, -0.1) is 0 Å². The Morgan fingerprint density at radius 3 is 1.56 bits per heavy atom. The zero-order chi connectivity index (χ0) is 25.4. The molecule has 1 aliphatic rings. The highest BCUT2D eigenvalue weighted by Crippen LogP contribution is 2.44. The average molecular weight is 466 g/mol. The molecule has 0 aromatic carbocycles. The van der Waals surface area contributed by atoms with Crippen LogP contribution in [0.4, 0.5) is 17.6 Å². The van der Waals surface area contributed by atoms with Crippen molar-refractivity contribution in [1.29, 1.82) is 0 Å². The molecule has 5 rings (SSSR count). The summed E-state index contributed by atoms with van der Waals surface area (Å²) in [6.07, 6.45) is 4.14. The summed E-state index contributed by atoms with van der Waals surface area (Å²) in [6.45, 7) is 0. The monoisotopic (exact) mass is 466 g/mol. The first-order valence-corrected chi connectivity index (χ1v) is 10.9. The third kappa shape index (κ3) is 4.04. The predicted octanol–water partition coefficient (Wildman–Crippen LogP) is 6.41. The van der Waals surface area contributed by atoms with E-state index in [4.69, 9.17) is 12.7 Å². The summed E-state index contributed by atoms with van der Waals surface area (Å²) in [5.74, 6) is -4.51. The third-order valence-electron chi connectivity index (χ3n) is 6.25. The van der Waals surface area contributed by atoms with E-state index in [1.54, 1.807) is 24.3 Å². The fourth-order valence-electron chi connectivity index (χ4n) is 4.60. The van der Waals surface area contributed by atoms with Gasteiger partial charge in [-0.3, -0.25) is 9.97 Å². The number of aromatic nitrogens is 4. The van der Waals surface area contributed by atoms with Crippen molar-refractivity contribution in [1.82, 2.24) is 19.9 Å². The van der Waals surface area contributed by atoms with Crippen LogP contribution in [0.15, 0.2) is 60.6 Å². The molecule has 0 spiro atoms. The van der Waals surface area contributed by atoms with Crippen molar-refractivity contribution < 1.29 is 20.3 Å². The number of nitrogens with zero attached hydrogens (tertiary/aromatic N) is 4. The van der Waals surface area contributed by atoms with Crippen LogP contribution in [0.3, 0.4) is 0 Å². The minimum absolute atomic E-state index is 0.0849. The van der Waals surface area contributed by atoms with E-state index in [0.29, 0.717) is 24.2 Å². The smallest absolute Gasteiger partial charge is 0.224 e. The van der Waals surface area contributed by atoms with Crippen LogP contribution in [0.5, 0.6) is 0 Å². The lowest BCUT2D eigenvalue weighted by Crippen LogP contribution is -2.32. The zero-order valence-corrected chi connectivity index (χ0v) is 18.0. The van der Waals surface area contributed by atoms with E-state index in [2.05, 4.69) is 9.97 Å². The highest BCUT2D eigenvalue weighted by atomic mass is 19.1. The largest absolute Gasteiger partial charge is 0.252 e. The van der Waals surface area contributed by atoms with Gasteiger partial charge in [0.15, 0.2) is 0 Å². The van der Waals surface area contributed by atoms with Gasteiger partial charge < -0.3 is 0 Å². The first-order chi connectivity index (χ1) is 17.3. The molecule has 0 radical (unpaired) electrons. The van der Waals surface area contributed by atoms with Gasteiger partial charge in [-0.2, -0.15) is 27.5 Å². The fraction of sp³-hybridized carbons (Fsp3) is 0.231. The number of pyridine rings is 4. The second-order valence-corrected chi connectivity index (χ2v) is 8.25. The Morgan fingerprint density at radius 1 is 0.618 bits per heavy atom. The van der Waals surface area contributed by atoms with Crippen LogP contribution in [0.25, 0.3) is 22.5 Å². The quantitative estimate of drug-likeness (QED) is 0.258. The van der Waals surface area contributed by atoms with E-state index in [9.17, 15) is 17.6 Å². The SMILES string of the molecule is [2H]c1cc(-c2cccc(C3(c4cccc(-c5cc([2H])c(F)nc5F)n4)CCCCC3)n2)c(F)nc1F. The molecule has 1 saturated carbocycles. The van der Waals surface area contributed by atoms with Crippen molar-refractivity contribution in [2.75, 3.05) is 0 Å². The average Bonchev–Trinajstić information content (AvgIpc) is 2.89. The summed E-state index contributed by atoms with van der Waals surface area (Å²) in [6, 6.07) is 11.2. The van der Waals surface area contributed by atoms with E-state index in [0.717, 1.165) is 31.4 Å². The minimum atomic E-state index is -1.20. The van der Waals surface area contributed by atoms with Gasteiger partial charge >= 0.3 is 0 Å². The number of rotatable bonds is 4. The maximum Gasteiger partial charge on any atom is 0.224 e. The zero-order valence-electron chi connectivity index (χ0n) is 20.0. The second-order valence-electron chi connectivity index (χ2n) is 8.25. The van der Waals surface area contributed by atoms with Crippen LogP contribution in [0.2, 0.25) is 0 Å².